The molecule has 1 aromatic rings. The van der Waals surface area contributed by atoms with E-state index in [4.69, 9.17) is 27.9 Å². The summed E-state index contributed by atoms with van der Waals surface area (Å²) in [5.41, 5.74) is 1.02. The van der Waals surface area contributed by atoms with Crippen LogP contribution < -0.4 is 5.32 Å². The van der Waals surface area contributed by atoms with E-state index in [0.717, 1.165) is 40.2 Å². The molecule has 18 heavy (non-hydrogen) atoms. The van der Waals surface area contributed by atoms with Crippen LogP contribution in [0.1, 0.15) is 38.4 Å². The molecule has 2 atom stereocenters. The Morgan fingerprint density at radius 3 is 2.67 bits per heavy atom. The largest absolute Gasteiger partial charge is 0.367 e. The minimum Gasteiger partial charge on any atom is -0.367 e. The number of hydrogen-bond acceptors (Lipinski definition) is 3. The third-order valence-corrected chi connectivity index (χ3v) is 5.14. The summed E-state index contributed by atoms with van der Waals surface area (Å²) in [4.78, 5) is 0. The van der Waals surface area contributed by atoms with Crippen molar-refractivity contribution in [3.63, 3.8) is 0 Å². The van der Waals surface area contributed by atoms with E-state index >= 15 is 0 Å². The quantitative estimate of drug-likeness (QED) is 0.883. The fourth-order valence-corrected chi connectivity index (χ4v) is 4.07. The molecule has 0 radical (unpaired) electrons. The van der Waals surface area contributed by atoms with Gasteiger partial charge >= 0.3 is 0 Å². The van der Waals surface area contributed by atoms with E-state index in [9.17, 15) is 0 Å². The molecule has 5 heteroatoms. The van der Waals surface area contributed by atoms with Crippen molar-refractivity contribution in [1.29, 1.82) is 0 Å². The zero-order chi connectivity index (χ0) is 13.1. The summed E-state index contributed by atoms with van der Waals surface area (Å²) >= 11 is 13.6. The summed E-state index contributed by atoms with van der Waals surface area (Å²) in [5.74, 6) is 0.605. The van der Waals surface area contributed by atoms with Crippen molar-refractivity contribution in [2.75, 3.05) is 13.1 Å². The molecule has 2 heterocycles. The van der Waals surface area contributed by atoms with Gasteiger partial charge < -0.3 is 10.1 Å². The average molecular weight is 308 g/mol. The highest BCUT2D eigenvalue weighted by molar-refractivity contribution is 7.20. The van der Waals surface area contributed by atoms with Gasteiger partial charge in [-0.15, -0.1) is 11.3 Å². The molecular weight excluding hydrogens is 289 g/mol. The molecule has 0 amide bonds. The summed E-state index contributed by atoms with van der Waals surface area (Å²) in [6.07, 6.45) is 2.59. The van der Waals surface area contributed by atoms with E-state index < -0.39 is 0 Å². The Morgan fingerprint density at radius 1 is 1.39 bits per heavy atom. The Morgan fingerprint density at radius 2 is 2.11 bits per heavy atom. The van der Waals surface area contributed by atoms with Gasteiger partial charge in [-0.2, -0.15) is 0 Å². The molecule has 1 N–H and O–H groups in total. The lowest BCUT2D eigenvalue weighted by Gasteiger charge is -2.35. The van der Waals surface area contributed by atoms with Gasteiger partial charge in [-0.25, -0.2) is 0 Å². The summed E-state index contributed by atoms with van der Waals surface area (Å²) < 4.78 is 7.68. The molecule has 1 saturated heterocycles. The minimum atomic E-state index is 0.0283. The highest BCUT2D eigenvalue weighted by atomic mass is 35.5. The Labute approximate surface area is 123 Å². The summed E-state index contributed by atoms with van der Waals surface area (Å²) in [6, 6.07) is 1.93. The molecule has 2 rings (SSSR count). The molecule has 2 nitrogen and oxygen atoms in total. The summed E-state index contributed by atoms with van der Waals surface area (Å²) in [5, 5.41) is 3.45. The maximum absolute atomic E-state index is 6.21. The second-order valence-electron chi connectivity index (χ2n) is 4.68. The second-order valence-corrected chi connectivity index (χ2v) is 6.96. The first-order valence-electron chi connectivity index (χ1n) is 6.46. The third-order valence-electron chi connectivity index (χ3n) is 3.62. The lowest BCUT2D eigenvalue weighted by atomic mass is 9.95. The van der Waals surface area contributed by atoms with Crippen molar-refractivity contribution < 1.29 is 4.74 Å². The molecule has 0 aromatic carbocycles. The lowest BCUT2D eigenvalue weighted by Crippen LogP contribution is -2.44. The molecule has 0 bridgehead atoms. The number of rotatable bonds is 4. The SMILES string of the molecule is CCC(CC)C1CNCC(c2cc(Cl)sc2Cl)O1. The Kier molecular flexibility index (Phi) is 5.34. The lowest BCUT2D eigenvalue weighted by molar-refractivity contribution is -0.0686. The van der Waals surface area contributed by atoms with Crippen LogP contribution in [0.25, 0.3) is 0 Å². The van der Waals surface area contributed by atoms with E-state index in [0.29, 0.717) is 5.92 Å². The van der Waals surface area contributed by atoms with Crippen LogP contribution in [-0.4, -0.2) is 19.2 Å². The highest BCUT2D eigenvalue weighted by Crippen LogP contribution is 2.38. The first kappa shape index (κ1) is 14.6. The smallest absolute Gasteiger partial charge is 0.100 e. The molecule has 2 unspecified atom stereocenters. The monoisotopic (exact) mass is 307 g/mol. The van der Waals surface area contributed by atoms with Crippen molar-refractivity contribution in [3.8, 4) is 0 Å². The van der Waals surface area contributed by atoms with Gasteiger partial charge in [0.15, 0.2) is 0 Å². The van der Waals surface area contributed by atoms with Crippen LogP contribution in [0.4, 0.5) is 0 Å². The van der Waals surface area contributed by atoms with Crippen molar-refractivity contribution in [3.05, 3.63) is 20.3 Å². The third kappa shape index (κ3) is 3.20. The number of ether oxygens (including phenoxy) is 1. The molecule has 0 spiro atoms. The van der Waals surface area contributed by atoms with E-state index in [1.54, 1.807) is 0 Å². The van der Waals surface area contributed by atoms with Gasteiger partial charge in [-0.3, -0.25) is 0 Å². The number of nitrogens with one attached hydrogen (secondary N) is 1. The van der Waals surface area contributed by atoms with Crippen LogP contribution in [0.5, 0.6) is 0 Å². The number of morpholine rings is 1. The first-order valence-corrected chi connectivity index (χ1v) is 8.03. The highest BCUT2D eigenvalue weighted by Gasteiger charge is 2.29. The zero-order valence-electron chi connectivity index (χ0n) is 10.7. The van der Waals surface area contributed by atoms with Crippen LogP contribution >= 0.6 is 34.5 Å². The van der Waals surface area contributed by atoms with Gasteiger partial charge in [-0.1, -0.05) is 49.9 Å². The predicted molar refractivity (Wildman–Crippen MR) is 78.9 cm³/mol. The van der Waals surface area contributed by atoms with Crippen LogP contribution in [0.2, 0.25) is 8.67 Å². The fraction of sp³-hybridized carbons (Fsp3) is 0.692. The summed E-state index contributed by atoms with van der Waals surface area (Å²) in [7, 11) is 0. The standard InChI is InChI=1S/C13H19Cl2NOS/c1-3-8(4-2)10-6-16-7-11(17-10)9-5-12(14)18-13(9)15/h5,8,10-11,16H,3-4,6-7H2,1-2H3. The fourth-order valence-electron chi connectivity index (χ4n) is 2.51. The van der Waals surface area contributed by atoms with E-state index in [-0.39, 0.29) is 12.2 Å². The van der Waals surface area contributed by atoms with Crippen molar-refractivity contribution in [2.24, 2.45) is 5.92 Å². The number of hydrogen-bond donors (Lipinski definition) is 1. The maximum atomic E-state index is 6.21. The van der Waals surface area contributed by atoms with E-state index in [1.807, 2.05) is 6.07 Å². The average Bonchev–Trinajstić information content (AvgIpc) is 2.70. The number of halogens is 2. The van der Waals surface area contributed by atoms with Crippen molar-refractivity contribution in [1.82, 2.24) is 5.32 Å². The molecule has 0 aliphatic carbocycles. The Balaban J connectivity index is 2.09. The molecule has 1 fully saturated rings. The van der Waals surface area contributed by atoms with Crippen molar-refractivity contribution in [2.45, 2.75) is 38.9 Å². The van der Waals surface area contributed by atoms with Gasteiger partial charge in [-0.05, 0) is 12.0 Å². The summed E-state index contributed by atoms with van der Waals surface area (Å²) in [6.45, 7) is 6.17. The minimum absolute atomic E-state index is 0.0283. The topological polar surface area (TPSA) is 21.3 Å². The van der Waals surface area contributed by atoms with Gasteiger partial charge in [0.2, 0.25) is 0 Å². The van der Waals surface area contributed by atoms with Gasteiger partial charge in [0, 0.05) is 18.7 Å². The van der Waals surface area contributed by atoms with Gasteiger partial charge in [0.05, 0.1) is 16.5 Å². The molecule has 0 saturated carbocycles. The maximum Gasteiger partial charge on any atom is 0.100 e. The second kappa shape index (κ2) is 6.58. The Bertz CT molecular complexity index is 392. The molecule has 1 aliphatic rings. The normalized spacial score (nSPS) is 24.7. The van der Waals surface area contributed by atoms with E-state index in [1.165, 1.54) is 11.3 Å². The molecule has 1 aromatic heterocycles. The van der Waals surface area contributed by atoms with E-state index in [2.05, 4.69) is 19.2 Å². The first-order chi connectivity index (χ1) is 8.65. The molecular formula is C13H19Cl2NOS. The predicted octanol–water partition coefficient (Wildman–Crippen LogP) is 4.52. The zero-order valence-corrected chi connectivity index (χ0v) is 13.0. The van der Waals surface area contributed by atoms with Crippen LogP contribution in [-0.2, 0) is 4.74 Å². The molecule has 102 valence electrons. The van der Waals surface area contributed by atoms with Gasteiger partial charge in [0.1, 0.15) is 4.34 Å². The van der Waals surface area contributed by atoms with Crippen molar-refractivity contribution >= 4 is 34.5 Å². The van der Waals surface area contributed by atoms with Gasteiger partial charge in [0.25, 0.3) is 0 Å². The van der Waals surface area contributed by atoms with Crippen LogP contribution in [0.15, 0.2) is 6.07 Å². The Hall–Kier alpha value is 0.200. The van der Waals surface area contributed by atoms with Crippen LogP contribution in [0.3, 0.4) is 0 Å². The van der Waals surface area contributed by atoms with Crippen LogP contribution in [0, 0.1) is 5.92 Å². The molecule has 1 aliphatic heterocycles. The number of thiophene rings is 1.